The van der Waals surface area contributed by atoms with Gasteiger partial charge in [0.2, 0.25) is 5.95 Å². The zero-order valence-electron chi connectivity index (χ0n) is 11.6. The summed E-state index contributed by atoms with van der Waals surface area (Å²) >= 11 is 6.15. The van der Waals surface area contributed by atoms with Gasteiger partial charge in [-0.05, 0) is 35.0 Å². The first-order valence-corrected chi connectivity index (χ1v) is 6.47. The van der Waals surface area contributed by atoms with Crippen molar-refractivity contribution < 1.29 is 9.47 Å². The highest BCUT2D eigenvalue weighted by Crippen LogP contribution is 2.36. The zero-order valence-corrected chi connectivity index (χ0v) is 12.3. The lowest BCUT2D eigenvalue weighted by Crippen LogP contribution is -2.08. The van der Waals surface area contributed by atoms with Gasteiger partial charge in [-0.15, -0.1) is 0 Å². The molecule has 1 aromatic carbocycles. The van der Waals surface area contributed by atoms with Gasteiger partial charge in [-0.25, -0.2) is 4.68 Å². The second kappa shape index (κ2) is 6.42. The van der Waals surface area contributed by atoms with Crippen molar-refractivity contribution in [3.05, 3.63) is 22.7 Å². The van der Waals surface area contributed by atoms with Crippen LogP contribution in [0.1, 0.15) is 12.5 Å². The standard InChI is InChI=1S/C12H16ClN5O2/c1-4-18-12(15-16-17-18)14-7-8-5-9(13)11(20-3)10(6-8)19-2/h5-6H,4,7H2,1-3H3,(H,14,15,17). The Hall–Kier alpha value is -2.02. The number of rotatable bonds is 6. The summed E-state index contributed by atoms with van der Waals surface area (Å²) in [6.45, 7) is 3.19. The molecule has 0 atom stereocenters. The molecule has 1 aromatic heterocycles. The number of hydrogen-bond donors (Lipinski definition) is 1. The van der Waals surface area contributed by atoms with Crippen LogP contribution in [0.4, 0.5) is 5.95 Å². The molecule has 0 radical (unpaired) electrons. The minimum Gasteiger partial charge on any atom is -0.493 e. The third-order valence-electron chi connectivity index (χ3n) is 2.78. The second-order valence-electron chi connectivity index (χ2n) is 3.98. The predicted molar refractivity (Wildman–Crippen MR) is 75.4 cm³/mol. The second-order valence-corrected chi connectivity index (χ2v) is 4.39. The summed E-state index contributed by atoms with van der Waals surface area (Å²) < 4.78 is 12.1. The van der Waals surface area contributed by atoms with Gasteiger partial charge < -0.3 is 14.8 Å². The molecule has 0 saturated carbocycles. The van der Waals surface area contributed by atoms with Crippen LogP contribution < -0.4 is 14.8 Å². The Labute approximate surface area is 121 Å². The van der Waals surface area contributed by atoms with Crippen LogP contribution in [0.15, 0.2) is 12.1 Å². The zero-order chi connectivity index (χ0) is 14.5. The first-order valence-electron chi connectivity index (χ1n) is 6.10. The molecule has 0 spiro atoms. The molecule has 1 heterocycles. The van der Waals surface area contributed by atoms with Crippen molar-refractivity contribution in [2.45, 2.75) is 20.0 Å². The molecule has 2 aromatic rings. The Bertz CT molecular complexity index is 587. The fourth-order valence-corrected chi connectivity index (χ4v) is 2.11. The minimum atomic E-state index is 0.499. The smallest absolute Gasteiger partial charge is 0.243 e. The van der Waals surface area contributed by atoms with E-state index in [1.807, 2.05) is 19.1 Å². The van der Waals surface area contributed by atoms with Crippen molar-refractivity contribution in [3.63, 3.8) is 0 Å². The summed E-state index contributed by atoms with van der Waals surface area (Å²) in [5, 5.41) is 15.0. The van der Waals surface area contributed by atoms with Gasteiger partial charge in [-0.3, -0.25) is 0 Å². The van der Waals surface area contributed by atoms with Crippen molar-refractivity contribution in [1.29, 1.82) is 0 Å². The van der Waals surface area contributed by atoms with Gasteiger partial charge >= 0.3 is 0 Å². The normalized spacial score (nSPS) is 10.4. The molecule has 0 aliphatic rings. The summed E-state index contributed by atoms with van der Waals surface area (Å²) in [7, 11) is 3.13. The van der Waals surface area contributed by atoms with Crippen LogP contribution in [0.3, 0.4) is 0 Å². The van der Waals surface area contributed by atoms with E-state index in [9.17, 15) is 0 Å². The van der Waals surface area contributed by atoms with Gasteiger partial charge in [0.25, 0.3) is 0 Å². The molecular weight excluding hydrogens is 282 g/mol. The number of benzene rings is 1. The lowest BCUT2D eigenvalue weighted by atomic mass is 10.2. The topological polar surface area (TPSA) is 74.1 Å². The number of nitrogens with zero attached hydrogens (tertiary/aromatic N) is 4. The highest BCUT2D eigenvalue weighted by atomic mass is 35.5. The summed E-state index contributed by atoms with van der Waals surface area (Å²) in [4.78, 5) is 0. The van der Waals surface area contributed by atoms with Gasteiger partial charge in [0.15, 0.2) is 11.5 Å². The number of aromatic nitrogens is 4. The number of methoxy groups -OCH3 is 2. The van der Waals surface area contributed by atoms with Gasteiger partial charge in [-0.1, -0.05) is 16.7 Å². The van der Waals surface area contributed by atoms with E-state index in [2.05, 4.69) is 20.8 Å². The molecule has 20 heavy (non-hydrogen) atoms. The van der Waals surface area contributed by atoms with Crippen LogP contribution >= 0.6 is 11.6 Å². The van der Waals surface area contributed by atoms with E-state index < -0.39 is 0 Å². The lowest BCUT2D eigenvalue weighted by Gasteiger charge is -2.12. The number of aryl methyl sites for hydroxylation is 1. The summed E-state index contributed by atoms with van der Waals surface area (Å²) in [6, 6.07) is 3.67. The molecule has 0 aliphatic carbocycles. The number of nitrogens with one attached hydrogen (secondary N) is 1. The van der Waals surface area contributed by atoms with Crippen molar-refractivity contribution in [3.8, 4) is 11.5 Å². The number of anilines is 1. The van der Waals surface area contributed by atoms with Crippen molar-refractivity contribution in [2.75, 3.05) is 19.5 Å². The molecule has 1 N–H and O–H groups in total. The molecular formula is C12H16ClN5O2. The molecule has 0 unspecified atom stereocenters. The van der Waals surface area contributed by atoms with Crippen LogP contribution in [0.2, 0.25) is 5.02 Å². The molecule has 2 rings (SSSR count). The van der Waals surface area contributed by atoms with E-state index in [4.69, 9.17) is 21.1 Å². The monoisotopic (exact) mass is 297 g/mol. The van der Waals surface area contributed by atoms with E-state index in [0.29, 0.717) is 35.6 Å². The average Bonchev–Trinajstić information content (AvgIpc) is 2.91. The number of ether oxygens (including phenoxy) is 2. The highest BCUT2D eigenvalue weighted by Gasteiger charge is 2.11. The molecule has 0 bridgehead atoms. The van der Waals surface area contributed by atoms with Crippen LogP contribution in [-0.2, 0) is 13.1 Å². The van der Waals surface area contributed by atoms with Gasteiger partial charge in [0.1, 0.15) is 0 Å². The van der Waals surface area contributed by atoms with Crippen LogP contribution in [-0.4, -0.2) is 34.4 Å². The summed E-state index contributed by atoms with van der Waals surface area (Å²) in [6.07, 6.45) is 0. The number of hydrogen-bond acceptors (Lipinski definition) is 6. The van der Waals surface area contributed by atoms with Crippen LogP contribution in [0, 0.1) is 0 Å². The van der Waals surface area contributed by atoms with Crippen LogP contribution in [0.5, 0.6) is 11.5 Å². The van der Waals surface area contributed by atoms with Gasteiger partial charge in [-0.2, -0.15) is 0 Å². The van der Waals surface area contributed by atoms with E-state index in [-0.39, 0.29) is 0 Å². The molecule has 0 fully saturated rings. The first kappa shape index (κ1) is 14.4. The maximum Gasteiger partial charge on any atom is 0.243 e. The summed E-state index contributed by atoms with van der Waals surface area (Å²) in [5.74, 6) is 1.72. The molecule has 0 aliphatic heterocycles. The van der Waals surface area contributed by atoms with Crippen LogP contribution in [0.25, 0.3) is 0 Å². The maximum atomic E-state index is 6.15. The Kier molecular flexibility index (Phi) is 4.62. The van der Waals surface area contributed by atoms with Crippen molar-refractivity contribution in [2.24, 2.45) is 0 Å². The lowest BCUT2D eigenvalue weighted by molar-refractivity contribution is 0.355. The fraction of sp³-hybridized carbons (Fsp3) is 0.417. The summed E-state index contributed by atoms with van der Waals surface area (Å²) in [5.41, 5.74) is 0.943. The third kappa shape index (κ3) is 2.93. The molecule has 8 heteroatoms. The Balaban J connectivity index is 2.16. The molecule has 0 saturated heterocycles. The first-order chi connectivity index (χ1) is 9.69. The van der Waals surface area contributed by atoms with Gasteiger partial charge in [0, 0.05) is 13.1 Å². The molecule has 7 nitrogen and oxygen atoms in total. The highest BCUT2D eigenvalue weighted by molar-refractivity contribution is 6.32. The molecule has 0 amide bonds. The maximum absolute atomic E-state index is 6.15. The van der Waals surface area contributed by atoms with Gasteiger partial charge in [0.05, 0.1) is 19.2 Å². The fourth-order valence-electron chi connectivity index (χ4n) is 1.80. The number of halogens is 1. The van der Waals surface area contributed by atoms with Crippen molar-refractivity contribution in [1.82, 2.24) is 20.2 Å². The third-order valence-corrected chi connectivity index (χ3v) is 3.06. The Morgan fingerprint density at radius 1 is 1.30 bits per heavy atom. The molecule has 108 valence electrons. The SMILES string of the molecule is CCn1nnnc1NCc1cc(Cl)c(OC)c(OC)c1. The average molecular weight is 298 g/mol. The van der Waals surface area contributed by atoms with E-state index >= 15 is 0 Å². The van der Waals surface area contributed by atoms with E-state index in [1.165, 1.54) is 0 Å². The van der Waals surface area contributed by atoms with Crippen molar-refractivity contribution >= 4 is 17.5 Å². The number of tetrazole rings is 1. The quantitative estimate of drug-likeness (QED) is 0.879. The predicted octanol–water partition coefficient (Wildman–Crippen LogP) is 1.98. The van der Waals surface area contributed by atoms with E-state index in [0.717, 1.165) is 5.56 Å². The van der Waals surface area contributed by atoms with E-state index in [1.54, 1.807) is 18.9 Å². The minimum absolute atomic E-state index is 0.499. The largest absolute Gasteiger partial charge is 0.493 e. The Morgan fingerprint density at radius 3 is 2.75 bits per heavy atom. The Morgan fingerprint density at radius 2 is 2.10 bits per heavy atom.